The van der Waals surface area contributed by atoms with Crippen LogP contribution in [0, 0.1) is 11.3 Å². The Morgan fingerprint density at radius 2 is 2.27 bits per heavy atom. The molecule has 78 valence electrons. The van der Waals surface area contributed by atoms with Crippen LogP contribution < -0.4 is 5.32 Å². The molecule has 1 N–H and O–H groups in total. The minimum Gasteiger partial charge on any atom is -0.314 e. The predicted molar refractivity (Wildman–Crippen MR) is 59.4 cm³/mol. The van der Waals surface area contributed by atoms with Crippen molar-refractivity contribution in [1.82, 2.24) is 10.2 Å². The molecule has 0 bridgehead atoms. The number of nitrogens with zero attached hydrogens (tertiary/aromatic N) is 2. The lowest BCUT2D eigenvalue weighted by Crippen LogP contribution is -2.44. The van der Waals surface area contributed by atoms with Crippen molar-refractivity contribution >= 4 is 0 Å². The van der Waals surface area contributed by atoms with Crippen LogP contribution in [0.3, 0.4) is 0 Å². The van der Waals surface area contributed by atoms with Crippen molar-refractivity contribution in [3.05, 3.63) is 35.4 Å². The smallest absolute Gasteiger partial charge is 0.0995 e. The van der Waals surface area contributed by atoms with Crippen molar-refractivity contribution in [1.29, 1.82) is 5.26 Å². The average Bonchev–Trinajstić information content (AvgIpc) is 2.30. The van der Waals surface area contributed by atoms with Gasteiger partial charge < -0.3 is 5.32 Å². The third kappa shape index (κ3) is 2.01. The minimum absolute atomic E-state index is 0.328. The van der Waals surface area contributed by atoms with Gasteiger partial charge in [0.2, 0.25) is 0 Å². The first-order chi connectivity index (χ1) is 7.33. The SMILES string of the molecule is CN1CCNCC1c1ccccc1C#N. The van der Waals surface area contributed by atoms with Crippen LogP contribution in [0.15, 0.2) is 24.3 Å². The van der Waals surface area contributed by atoms with E-state index in [1.54, 1.807) is 0 Å². The second-order valence-electron chi connectivity index (χ2n) is 3.90. The van der Waals surface area contributed by atoms with Crippen molar-refractivity contribution in [2.24, 2.45) is 0 Å². The van der Waals surface area contributed by atoms with E-state index < -0.39 is 0 Å². The quantitative estimate of drug-likeness (QED) is 0.740. The van der Waals surface area contributed by atoms with Crippen molar-refractivity contribution < 1.29 is 0 Å². The molecule has 1 aromatic carbocycles. The zero-order valence-electron chi connectivity index (χ0n) is 8.90. The number of nitrogens with one attached hydrogen (secondary N) is 1. The van der Waals surface area contributed by atoms with Crippen LogP contribution in [0.2, 0.25) is 0 Å². The van der Waals surface area contributed by atoms with Gasteiger partial charge in [0.1, 0.15) is 0 Å². The molecule has 0 saturated carbocycles. The third-order valence-electron chi connectivity index (χ3n) is 2.95. The van der Waals surface area contributed by atoms with Crippen molar-refractivity contribution in [2.75, 3.05) is 26.7 Å². The van der Waals surface area contributed by atoms with Gasteiger partial charge in [-0.3, -0.25) is 4.90 Å². The number of benzene rings is 1. The Bertz CT molecular complexity index is 381. The first-order valence-electron chi connectivity index (χ1n) is 5.23. The first kappa shape index (κ1) is 10.2. The lowest BCUT2D eigenvalue weighted by Gasteiger charge is -2.33. The van der Waals surface area contributed by atoms with E-state index in [1.165, 1.54) is 0 Å². The molecular weight excluding hydrogens is 186 g/mol. The van der Waals surface area contributed by atoms with Crippen molar-refractivity contribution in [3.63, 3.8) is 0 Å². The Labute approximate surface area is 90.3 Å². The summed E-state index contributed by atoms with van der Waals surface area (Å²) >= 11 is 0. The summed E-state index contributed by atoms with van der Waals surface area (Å²) in [4.78, 5) is 2.30. The molecule has 15 heavy (non-hydrogen) atoms. The van der Waals surface area contributed by atoms with E-state index in [4.69, 9.17) is 5.26 Å². The van der Waals surface area contributed by atoms with Gasteiger partial charge in [0.15, 0.2) is 0 Å². The maximum Gasteiger partial charge on any atom is 0.0995 e. The second-order valence-corrected chi connectivity index (χ2v) is 3.90. The lowest BCUT2D eigenvalue weighted by molar-refractivity contribution is 0.202. The van der Waals surface area contributed by atoms with Gasteiger partial charge in [0, 0.05) is 25.7 Å². The van der Waals surface area contributed by atoms with E-state index in [1.807, 2.05) is 24.3 Å². The number of rotatable bonds is 1. The molecule has 3 heteroatoms. The van der Waals surface area contributed by atoms with Gasteiger partial charge in [-0.2, -0.15) is 5.26 Å². The molecule has 0 spiro atoms. The zero-order valence-corrected chi connectivity index (χ0v) is 8.90. The Morgan fingerprint density at radius 1 is 1.47 bits per heavy atom. The van der Waals surface area contributed by atoms with Crippen LogP contribution in [0.4, 0.5) is 0 Å². The highest BCUT2D eigenvalue weighted by atomic mass is 15.2. The highest BCUT2D eigenvalue weighted by Gasteiger charge is 2.22. The van der Waals surface area contributed by atoms with Gasteiger partial charge in [-0.1, -0.05) is 18.2 Å². The summed E-state index contributed by atoms with van der Waals surface area (Å²) in [6, 6.07) is 10.4. The third-order valence-corrected chi connectivity index (χ3v) is 2.95. The molecule has 0 aromatic heterocycles. The highest BCUT2D eigenvalue weighted by Crippen LogP contribution is 2.23. The standard InChI is InChI=1S/C12H15N3/c1-15-7-6-14-9-12(15)11-5-3-2-4-10(11)8-13/h2-5,12,14H,6-7,9H2,1H3. The van der Waals surface area contributed by atoms with Crippen LogP contribution in [-0.2, 0) is 0 Å². The fourth-order valence-corrected chi connectivity index (χ4v) is 2.04. The molecule has 1 aromatic rings. The minimum atomic E-state index is 0.328. The van der Waals surface area contributed by atoms with Crippen LogP contribution in [-0.4, -0.2) is 31.6 Å². The molecule has 2 rings (SSSR count). The maximum atomic E-state index is 9.05. The van der Waals surface area contributed by atoms with Crippen LogP contribution in [0.5, 0.6) is 0 Å². The summed E-state index contributed by atoms with van der Waals surface area (Å²) < 4.78 is 0. The summed E-state index contributed by atoms with van der Waals surface area (Å²) in [5.74, 6) is 0. The van der Waals surface area contributed by atoms with Crippen LogP contribution in [0.1, 0.15) is 17.2 Å². The molecule has 1 saturated heterocycles. The van der Waals surface area contributed by atoms with Gasteiger partial charge in [0.25, 0.3) is 0 Å². The molecule has 3 nitrogen and oxygen atoms in total. The number of hydrogen-bond donors (Lipinski definition) is 1. The molecule has 1 unspecified atom stereocenters. The number of hydrogen-bond acceptors (Lipinski definition) is 3. The highest BCUT2D eigenvalue weighted by molar-refractivity contribution is 5.39. The van der Waals surface area contributed by atoms with Gasteiger partial charge in [-0.25, -0.2) is 0 Å². The Balaban J connectivity index is 2.31. The topological polar surface area (TPSA) is 39.1 Å². The summed E-state index contributed by atoms with van der Waals surface area (Å²) in [7, 11) is 2.11. The Kier molecular flexibility index (Phi) is 3.00. The fourth-order valence-electron chi connectivity index (χ4n) is 2.04. The molecule has 1 aliphatic heterocycles. The fraction of sp³-hybridized carbons (Fsp3) is 0.417. The molecule has 0 aliphatic carbocycles. The monoisotopic (exact) mass is 201 g/mol. The summed E-state index contributed by atoms with van der Waals surface area (Å²) in [6.45, 7) is 2.99. The molecule has 1 atom stereocenters. The van der Waals surface area contributed by atoms with E-state index in [9.17, 15) is 0 Å². The second kappa shape index (κ2) is 4.43. The molecule has 1 aliphatic rings. The molecular formula is C12H15N3. The van der Waals surface area contributed by atoms with Gasteiger partial charge in [-0.15, -0.1) is 0 Å². The van der Waals surface area contributed by atoms with Crippen LogP contribution in [0.25, 0.3) is 0 Å². The summed E-state index contributed by atoms with van der Waals surface area (Å²) in [5, 5.41) is 12.4. The summed E-state index contributed by atoms with van der Waals surface area (Å²) in [6.07, 6.45) is 0. The Hall–Kier alpha value is -1.37. The molecule has 1 heterocycles. The van der Waals surface area contributed by atoms with E-state index in [0.29, 0.717) is 6.04 Å². The van der Waals surface area contributed by atoms with E-state index in [0.717, 1.165) is 30.8 Å². The van der Waals surface area contributed by atoms with Crippen LogP contribution >= 0.6 is 0 Å². The average molecular weight is 201 g/mol. The Morgan fingerprint density at radius 3 is 3.00 bits per heavy atom. The van der Waals surface area contributed by atoms with Crippen molar-refractivity contribution in [2.45, 2.75) is 6.04 Å². The van der Waals surface area contributed by atoms with Gasteiger partial charge in [0.05, 0.1) is 11.6 Å². The van der Waals surface area contributed by atoms with Gasteiger partial charge in [-0.05, 0) is 18.7 Å². The zero-order chi connectivity index (χ0) is 10.7. The largest absolute Gasteiger partial charge is 0.314 e. The normalized spacial score (nSPS) is 22.3. The van der Waals surface area contributed by atoms with Crippen molar-refractivity contribution in [3.8, 4) is 6.07 Å². The number of nitriles is 1. The molecule has 1 fully saturated rings. The lowest BCUT2D eigenvalue weighted by atomic mass is 9.99. The maximum absolute atomic E-state index is 9.05. The number of piperazine rings is 1. The molecule has 0 amide bonds. The first-order valence-corrected chi connectivity index (χ1v) is 5.23. The van der Waals surface area contributed by atoms with Gasteiger partial charge >= 0.3 is 0 Å². The predicted octanol–water partition coefficient (Wildman–Crippen LogP) is 1.13. The van der Waals surface area contributed by atoms with E-state index >= 15 is 0 Å². The number of likely N-dealkylation sites (N-methyl/N-ethyl adjacent to an activating group) is 1. The van der Waals surface area contributed by atoms with E-state index in [-0.39, 0.29) is 0 Å². The summed E-state index contributed by atoms with van der Waals surface area (Å²) in [5.41, 5.74) is 1.92. The molecule has 0 radical (unpaired) electrons. The van der Waals surface area contributed by atoms with E-state index in [2.05, 4.69) is 23.3 Å².